The number of nitrogens with zero attached hydrogens (tertiary/aromatic N) is 3. The normalized spacial score (nSPS) is 11.7. The first kappa shape index (κ1) is 17.8. The van der Waals surface area contributed by atoms with Crippen LogP contribution >= 0.6 is 0 Å². The Balaban J connectivity index is 1.72. The maximum atomic E-state index is 12.1. The Morgan fingerprint density at radius 1 is 1.15 bits per heavy atom. The third-order valence-electron chi connectivity index (χ3n) is 3.50. The largest absolute Gasteiger partial charge is 0.467 e. The third-order valence-corrected chi connectivity index (χ3v) is 5.33. The molecule has 0 spiro atoms. The van der Waals surface area contributed by atoms with Crippen LogP contribution in [0.15, 0.2) is 56.4 Å². The number of furan rings is 1. The van der Waals surface area contributed by atoms with Crippen molar-refractivity contribution in [2.75, 3.05) is 14.1 Å². The molecule has 1 aromatic carbocycles. The highest BCUT2D eigenvalue weighted by molar-refractivity contribution is 7.89. The van der Waals surface area contributed by atoms with Gasteiger partial charge < -0.3 is 14.2 Å². The number of aromatic nitrogens is 2. The van der Waals surface area contributed by atoms with Gasteiger partial charge >= 0.3 is 11.8 Å². The molecule has 0 saturated carbocycles. The van der Waals surface area contributed by atoms with E-state index in [0.717, 1.165) is 4.31 Å². The Bertz CT molecular complexity index is 992. The average Bonchev–Trinajstić information content (AvgIpc) is 3.31. The molecule has 0 bridgehead atoms. The molecule has 26 heavy (non-hydrogen) atoms. The van der Waals surface area contributed by atoms with Gasteiger partial charge in [-0.15, -0.1) is 10.2 Å². The lowest BCUT2D eigenvalue weighted by atomic mass is 10.2. The molecule has 0 atom stereocenters. The van der Waals surface area contributed by atoms with E-state index in [-0.39, 0.29) is 23.2 Å². The number of rotatable bonds is 6. The predicted octanol–water partition coefficient (Wildman–Crippen LogP) is 1.51. The predicted molar refractivity (Wildman–Crippen MR) is 90.5 cm³/mol. The van der Waals surface area contributed by atoms with Crippen molar-refractivity contribution in [3.05, 3.63) is 54.3 Å². The molecule has 1 amide bonds. The molecular formula is C16H16N4O5S. The summed E-state index contributed by atoms with van der Waals surface area (Å²) in [5.41, 5.74) is 0.500. The SMILES string of the molecule is CN(C)S(=O)(=O)c1ccc(-c2nnc(C(=O)NCc3ccco3)o2)cc1. The average molecular weight is 376 g/mol. The van der Waals surface area contributed by atoms with Crippen molar-refractivity contribution >= 4 is 15.9 Å². The molecule has 136 valence electrons. The Morgan fingerprint density at radius 3 is 2.50 bits per heavy atom. The van der Waals surface area contributed by atoms with E-state index in [0.29, 0.717) is 11.3 Å². The Labute approximate surface area is 149 Å². The van der Waals surface area contributed by atoms with Crippen molar-refractivity contribution in [1.29, 1.82) is 0 Å². The number of amides is 1. The van der Waals surface area contributed by atoms with E-state index < -0.39 is 15.9 Å². The molecule has 0 radical (unpaired) electrons. The number of sulfonamides is 1. The second kappa shape index (κ2) is 7.10. The molecule has 3 aromatic rings. The fourth-order valence-corrected chi connectivity index (χ4v) is 2.97. The first-order chi connectivity index (χ1) is 12.4. The number of nitrogens with one attached hydrogen (secondary N) is 1. The van der Waals surface area contributed by atoms with Gasteiger partial charge in [-0.3, -0.25) is 4.79 Å². The molecule has 9 nitrogen and oxygen atoms in total. The Hall–Kier alpha value is -2.98. The summed E-state index contributed by atoms with van der Waals surface area (Å²) in [5.74, 6) is -0.0266. The maximum Gasteiger partial charge on any atom is 0.309 e. The molecule has 10 heteroatoms. The van der Waals surface area contributed by atoms with Gasteiger partial charge in [0.15, 0.2) is 0 Å². The van der Waals surface area contributed by atoms with Crippen molar-refractivity contribution in [3.8, 4) is 11.5 Å². The standard InChI is InChI=1S/C16H16N4O5S/c1-20(2)26(22,23)13-7-5-11(6-8-13)15-18-19-16(25-15)14(21)17-10-12-4-3-9-24-12/h3-9H,10H2,1-2H3,(H,17,21). The van der Waals surface area contributed by atoms with E-state index in [4.69, 9.17) is 8.83 Å². The number of carbonyl (C=O) groups is 1. The zero-order valence-corrected chi connectivity index (χ0v) is 14.9. The quantitative estimate of drug-likeness (QED) is 0.692. The summed E-state index contributed by atoms with van der Waals surface area (Å²) in [6.07, 6.45) is 1.51. The van der Waals surface area contributed by atoms with Crippen molar-refractivity contribution in [2.45, 2.75) is 11.4 Å². The molecule has 1 N–H and O–H groups in total. The molecule has 0 fully saturated rings. The van der Waals surface area contributed by atoms with Crippen LogP contribution in [0.3, 0.4) is 0 Å². The minimum Gasteiger partial charge on any atom is -0.467 e. The van der Waals surface area contributed by atoms with Gasteiger partial charge in [-0.1, -0.05) is 0 Å². The van der Waals surface area contributed by atoms with Crippen molar-refractivity contribution in [2.24, 2.45) is 0 Å². The molecule has 0 unspecified atom stereocenters. The lowest BCUT2D eigenvalue weighted by Gasteiger charge is -2.11. The van der Waals surface area contributed by atoms with E-state index in [1.807, 2.05) is 0 Å². The van der Waals surface area contributed by atoms with Crippen LogP contribution in [0, 0.1) is 0 Å². The first-order valence-electron chi connectivity index (χ1n) is 7.55. The van der Waals surface area contributed by atoms with Gasteiger partial charge in [0.1, 0.15) is 5.76 Å². The van der Waals surface area contributed by atoms with Crippen molar-refractivity contribution < 1.29 is 22.0 Å². The molecule has 0 aliphatic rings. The van der Waals surface area contributed by atoms with E-state index in [9.17, 15) is 13.2 Å². The van der Waals surface area contributed by atoms with Gasteiger partial charge in [0, 0.05) is 19.7 Å². The summed E-state index contributed by atoms with van der Waals surface area (Å²) in [4.78, 5) is 12.2. The fraction of sp³-hybridized carbons (Fsp3) is 0.188. The summed E-state index contributed by atoms with van der Waals surface area (Å²) < 4.78 is 35.7. The van der Waals surface area contributed by atoms with Crippen molar-refractivity contribution in [1.82, 2.24) is 19.8 Å². The van der Waals surface area contributed by atoms with E-state index in [1.165, 1.54) is 44.6 Å². The maximum absolute atomic E-state index is 12.1. The van der Waals surface area contributed by atoms with Gasteiger partial charge in [0.2, 0.25) is 15.9 Å². The summed E-state index contributed by atoms with van der Waals surface area (Å²) >= 11 is 0. The highest BCUT2D eigenvalue weighted by Gasteiger charge is 2.19. The van der Waals surface area contributed by atoms with Gasteiger partial charge in [-0.05, 0) is 36.4 Å². The lowest BCUT2D eigenvalue weighted by molar-refractivity contribution is 0.0914. The van der Waals surface area contributed by atoms with Gasteiger partial charge in [-0.2, -0.15) is 0 Å². The topological polar surface area (TPSA) is 119 Å². The smallest absolute Gasteiger partial charge is 0.309 e. The highest BCUT2D eigenvalue weighted by Crippen LogP contribution is 2.21. The lowest BCUT2D eigenvalue weighted by Crippen LogP contribution is -2.22. The van der Waals surface area contributed by atoms with Gasteiger partial charge in [0.25, 0.3) is 0 Å². The van der Waals surface area contributed by atoms with Crippen LogP contribution in [0.1, 0.15) is 16.4 Å². The van der Waals surface area contributed by atoms with Crippen LogP contribution < -0.4 is 5.32 Å². The number of benzene rings is 1. The first-order valence-corrected chi connectivity index (χ1v) is 8.99. The second-order valence-corrected chi connectivity index (χ2v) is 7.64. The molecule has 0 aliphatic carbocycles. The third kappa shape index (κ3) is 3.65. The second-order valence-electron chi connectivity index (χ2n) is 5.49. The summed E-state index contributed by atoms with van der Waals surface area (Å²) in [6, 6.07) is 9.38. The van der Waals surface area contributed by atoms with Crippen LogP contribution in [0.4, 0.5) is 0 Å². The molecule has 0 saturated heterocycles. The Kier molecular flexibility index (Phi) is 4.87. The zero-order chi connectivity index (χ0) is 18.7. The number of hydrogen-bond acceptors (Lipinski definition) is 7. The molecule has 0 aliphatic heterocycles. The van der Waals surface area contributed by atoms with E-state index in [1.54, 1.807) is 12.1 Å². The van der Waals surface area contributed by atoms with Crippen LogP contribution in [-0.2, 0) is 16.6 Å². The van der Waals surface area contributed by atoms with E-state index >= 15 is 0 Å². The monoisotopic (exact) mass is 376 g/mol. The molecule has 3 rings (SSSR count). The zero-order valence-electron chi connectivity index (χ0n) is 14.0. The van der Waals surface area contributed by atoms with Crippen LogP contribution in [0.5, 0.6) is 0 Å². The number of hydrogen-bond donors (Lipinski definition) is 1. The summed E-state index contributed by atoms with van der Waals surface area (Å²) in [6.45, 7) is 0.195. The van der Waals surface area contributed by atoms with E-state index in [2.05, 4.69) is 15.5 Å². The minimum atomic E-state index is -3.52. The van der Waals surface area contributed by atoms with Crippen LogP contribution in [-0.4, -0.2) is 42.9 Å². The highest BCUT2D eigenvalue weighted by atomic mass is 32.2. The van der Waals surface area contributed by atoms with Crippen molar-refractivity contribution in [3.63, 3.8) is 0 Å². The minimum absolute atomic E-state index is 0.113. The molecular weight excluding hydrogens is 360 g/mol. The molecule has 2 aromatic heterocycles. The van der Waals surface area contributed by atoms with Crippen LogP contribution in [0.25, 0.3) is 11.5 Å². The van der Waals surface area contributed by atoms with Gasteiger partial charge in [0.05, 0.1) is 17.7 Å². The fourth-order valence-electron chi connectivity index (χ4n) is 2.07. The summed E-state index contributed by atoms with van der Waals surface area (Å²) in [7, 11) is -0.613. The Morgan fingerprint density at radius 2 is 1.88 bits per heavy atom. The number of carbonyl (C=O) groups excluding carboxylic acids is 1. The van der Waals surface area contributed by atoms with Gasteiger partial charge in [-0.25, -0.2) is 12.7 Å². The van der Waals surface area contributed by atoms with Crippen LogP contribution in [0.2, 0.25) is 0 Å². The molecule has 2 heterocycles. The summed E-state index contributed by atoms with van der Waals surface area (Å²) in [5, 5.41) is 10.1.